The number of hydrogen-bond acceptors (Lipinski definition) is 1. The molecule has 0 saturated carbocycles. The summed E-state index contributed by atoms with van der Waals surface area (Å²) in [5, 5.41) is 2.60. The highest BCUT2D eigenvalue weighted by molar-refractivity contribution is 6.14. The van der Waals surface area contributed by atoms with Crippen molar-refractivity contribution in [3.8, 4) is 0 Å². The molecule has 21 heavy (non-hydrogen) atoms. The molecule has 4 rings (SSSR count). The zero-order valence-electron chi connectivity index (χ0n) is 12.1. The number of allylic oxidation sites excluding steroid dienone is 1. The Morgan fingerprint density at radius 2 is 2.00 bits per heavy atom. The van der Waals surface area contributed by atoms with E-state index in [1.807, 2.05) is 0 Å². The second-order valence-corrected chi connectivity index (χ2v) is 7.17. The van der Waals surface area contributed by atoms with Gasteiger partial charge in [-0.05, 0) is 47.6 Å². The summed E-state index contributed by atoms with van der Waals surface area (Å²) in [5.41, 5.74) is 2.78. The Morgan fingerprint density at radius 3 is 2.81 bits per heavy atom. The zero-order chi connectivity index (χ0) is 14.3. The normalized spacial score (nSPS) is 28.0. The molecule has 105 valence electrons. The lowest BCUT2D eigenvalue weighted by molar-refractivity contribution is -0.0244. The monoisotopic (exact) mass is 291 g/mol. The molecule has 2 atom stereocenters. The van der Waals surface area contributed by atoms with Gasteiger partial charge in [0.05, 0.1) is 15.5 Å². The van der Waals surface area contributed by atoms with Gasteiger partial charge in [0.25, 0.3) is 0 Å². The topological polar surface area (TPSA) is 9.23 Å². The predicted octanol–water partition coefficient (Wildman–Crippen LogP) is 4.41. The first-order chi connectivity index (χ1) is 10.3. The lowest BCUT2D eigenvalue weighted by Crippen LogP contribution is -2.38. The van der Waals surface area contributed by atoms with Crippen molar-refractivity contribution in [1.82, 2.24) is 0 Å². The van der Waals surface area contributed by atoms with Crippen molar-refractivity contribution in [3.63, 3.8) is 0 Å². The van der Waals surface area contributed by atoms with E-state index in [0.717, 1.165) is 19.4 Å². The number of benzene rings is 2. The molecule has 1 aliphatic heterocycles. The van der Waals surface area contributed by atoms with Gasteiger partial charge in [0.2, 0.25) is 0 Å². The van der Waals surface area contributed by atoms with Gasteiger partial charge in [0.1, 0.15) is 0 Å². The van der Waals surface area contributed by atoms with E-state index in [0.29, 0.717) is 5.92 Å². The van der Waals surface area contributed by atoms with Crippen molar-refractivity contribution >= 4 is 27.1 Å². The van der Waals surface area contributed by atoms with Crippen LogP contribution in [0.25, 0.3) is 16.8 Å². The third kappa shape index (κ3) is 2.37. The third-order valence-corrected chi connectivity index (χ3v) is 5.38. The van der Waals surface area contributed by atoms with Crippen molar-refractivity contribution in [3.05, 3.63) is 53.6 Å². The quantitative estimate of drug-likeness (QED) is 0.745. The van der Waals surface area contributed by atoms with Crippen LogP contribution in [0, 0.1) is 0 Å². The second kappa shape index (κ2) is 5.11. The Hall–Kier alpha value is -1.38. The van der Waals surface area contributed by atoms with Crippen LogP contribution in [0.15, 0.2) is 42.5 Å². The van der Waals surface area contributed by atoms with Gasteiger partial charge in [0.15, 0.2) is 0 Å². The molecule has 3 radical (unpaired) electrons. The summed E-state index contributed by atoms with van der Waals surface area (Å²) in [6.45, 7) is 0.876. The highest BCUT2D eigenvalue weighted by Gasteiger charge is 2.32. The maximum Gasteiger partial charge on any atom is 0.0705 e. The van der Waals surface area contributed by atoms with E-state index in [1.54, 1.807) is 0 Å². The molecular weight excluding hydrogens is 272 g/mol. The van der Waals surface area contributed by atoms with Gasteiger partial charge in [-0.1, -0.05) is 48.6 Å². The molecule has 0 amide bonds. The molecule has 0 bridgehead atoms. The summed E-state index contributed by atoms with van der Waals surface area (Å²) in [4.78, 5) is 0. The molecule has 2 unspecified atom stereocenters. The van der Waals surface area contributed by atoms with Crippen LogP contribution in [0.5, 0.6) is 0 Å². The van der Waals surface area contributed by atoms with Gasteiger partial charge in [-0.25, -0.2) is 0 Å². The van der Waals surface area contributed by atoms with E-state index in [9.17, 15) is 0 Å². The van der Waals surface area contributed by atoms with E-state index >= 15 is 0 Å². The molecule has 0 aromatic heterocycles. The van der Waals surface area contributed by atoms with Crippen LogP contribution in [0.3, 0.4) is 0 Å². The van der Waals surface area contributed by atoms with E-state index in [2.05, 4.69) is 58.8 Å². The summed E-state index contributed by atoms with van der Waals surface area (Å²) in [6, 6.07) is 13.2. The lowest BCUT2D eigenvalue weighted by Gasteiger charge is -2.37. The maximum atomic E-state index is 6.03. The van der Waals surface area contributed by atoms with Crippen molar-refractivity contribution in [1.29, 1.82) is 0 Å². The molecular formula is C19H19OSi. The van der Waals surface area contributed by atoms with Crippen LogP contribution in [0.2, 0.25) is 0 Å². The minimum absolute atomic E-state index is 0.151. The van der Waals surface area contributed by atoms with Crippen molar-refractivity contribution < 1.29 is 4.74 Å². The predicted molar refractivity (Wildman–Crippen MR) is 88.6 cm³/mol. The summed E-state index contributed by atoms with van der Waals surface area (Å²) >= 11 is 0. The van der Waals surface area contributed by atoms with Crippen LogP contribution >= 0.6 is 0 Å². The van der Waals surface area contributed by atoms with Crippen LogP contribution in [0.4, 0.5) is 0 Å². The molecule has 2 heteroatoms. The average Bonchev–Trinajstić information content (AvgIpc) is 2.51. The first-order valence-electron chi connectivity index (χ1n) is 7.84. The van der Waals surface area contributed by atoms with E-state index < -0.39 is 0 Å². The van der Waals surface area contributed by atoms with Gasteiger partial charge in [-0.15, -0.1) is 0 Å². The second-order valence-electron chi connectivity index (χ2n) is 6.26. The summed E-state index contributed by atoms with van der Waals surface area (Å²) < 4.78 is 6.03. The van der Waals surface area contributed by atoms with Gasteiger partial charge >= 0.3 is 0 Å². The molecule has 1 heterocycles. The SMILES string of the molecule is [Si]C1(CC2C=Cc3cccc4cccc2c34)CCCCO1. The number of hydrogen-bond donors (Lipinski definition) is 0. The fourth-order valence-electron chi connectivity index (χ4n) is 3.72. The maximum absolute atomic E-state index is 6.03. The first-order valence-corrected chi connectivity index (χ1v) is 8.34. The third-order valence-electron chi connectivity index (χ3n) is 4.78. The molecule has 0 N–H and O–H groups in total. The van der Waals surface area contributed by atoms with Crippen LogP contribution in [-0.4, -0.2) is 22.1 Å². The van der Waals surface area contributed by atoms with Gasteiger partial charge in [-0.3, -0.25) is 0 Å². The van der Waals surface area contributed by atoms with Gasteiger partial charge in [-0.2, -0.15) is 0 Å². The van der Waals surface area contributed by atoms with Crippen LogP contribution < -0.4 is 0 Å². The van der Waals surface area contributed by atoms with E-state index in [4.69, 9.17) is 4.74 Å². The Kier molecular flexibility index (Phi) is 3.24. The molecule has 1 fully saturated rings. The Labute approximate surface area is 129 Å². The van der Waals surface area contributed by atoms with Crippen molar-refractivity contribution in [2.75, 3.05) is 6.61 Å². The van der Waals surface area contributed by atoms with E-state index in [-0.39, 0.29) is 5.22 Å². The molecule has 2 aromatic rings. The van der Waals surface area contributed by atoms with Crippen LogP contribution in [0.1, 0.15) is 42.7 Å². The largest absolute Gasteiger partial charge is 0.379 e. The van der Waals surface area contributed by atoms with Crippen molar-refractivity contribution in [2.45, 2.75) is 36.8 Å². The molecule has 2 aliphatic rings. The minimum atomic E-state index is -0.151. The Balaban J connectivity index is 1.73. The molecule has 0 spiro atoms. The lowest BCUT2D eigenvalue weighted by atomic mass is 9.82. The fraction of sp³-hybridized carbons (Fsp3) is 0.368. The van der Waals surface area contributed by atoms with Gasteiger partial charge in [0, 0.05) is 12.5 Å². The summed E-state index contributed by atoms with van der Waals surface area (Å²) in [7, 11) is 3.92. The molecule has 1 nitrogen and oxygen atoms in total. The van der Waals surface area contributed by atoms with E-state index in [1.165, 1.54) is 34.7 Å². The zero-order valence-corrected chi connectivity index (χ0v) is 13.1. The Morgan fingerprint density at radius 1 is 1.14 bits per heavy atom. The van der Waals surface area contributed by atoms with Crippen LogP contribution in [-0.2, 0) is 4.74 Å². The fourth-order valence-corrected chi connectivity index (χ4v) is 4.22. The highest BCUT2D eigenvalue weighted by Crippen LogP contribution is 2.40. The average molecular weight is 291 g/mol. The summed E-state index contributed by atoms with van der Waals surface area (Å²) in [6.07, 6.45) is 9.17. The standard InChI is InChI=1S/C19H19OSi/c21-19(11-1-2-12-20-19)13-16-10-9-15-6-3-5-14-7-4-8-17(16)18(14)15/h3-10,16H,1-2,11-13H2. The summed E-state index contributed by atoms with van der Waals surface area (Å²) in [5.74, 6) is 0.430. The minimum Gasteiger partial charge on any atom is -0.379 e. The van der Waals surface area contributed by atoms with Gasteiger partial charge < -0.3 is 4.74 Å². The number of rotatable bonds is 2. The van der Waals surface area contributed by atoms with Crippen molar-refractivity contribution in [2.24, 2.45) is 0 Å². The first kappa shape index (κ1) is 13.3. The molecule has 1 aliphatic carbocycles. The molecule has 2 aromatic carbocycles. The molecule has 1 saturated heterocycles. The smallest absolute Gasteiger partial charge is 0.0705 e. The Bertz CT molecular complexity index is 693. The number of ether oxygens (including phenoxy) is 1. The highest BCUT2D eigenvalue weighted by atomic mass is 28.1.